The molecule has 2 atom stereocenters. The number of aryl methyl sites for hydroxylation is 1. The van der Waals surface area contributed by atoms with E-state index in [9.17, 15) is 0 Å². The maximum Gasteiger partial charge on any atom is 0.109 e. The maximum atomic E-state index is 5.27. The van der Waals surface area contributed by atoms with E-state index >= 15 is 0 Å². The monoisotopic (exact) mass is 240 g/mol. The molecule has 0 spiro atoms. The van der Waals surface area contributed by atoms with Gasteiger partial charge in [-0.3, -0.25) is 0 Å². The summed E-state index contributed by atoms with van der Waals surface area (Å²) in [5.74, 6) is 0.809. The molecule has 0 saturated heterocycles. The Kier molecular flexibility index (Phi) is 3.95. The quantitative estimate of drug-likeness (QED) is 0.829. The van der Waals surface area contributed by atoms with Gasteiger partial charge < -0.3 is 10.1 Å². The Hall–Kier alpha value is -0.450. The first-order chi connectivity index (χ1) is 7.70. The molecule has 0 bridgehead atoms. The van der Waals surface area contributed by atoms with Crippen LogP contribution in [0, 0.1) is 12.8 Å². The number of methoxy groups -OCH3 is 1. The van der Waals surface area contributed by atoms with Gasteiger partial charge in [-0.1, -0.05) is 0 Å². The minimum absolute atomic E-state index is 0.333. The second kappa shape index (κ2) is 5.25. The average molecular weight is 240 g/mol. The molecule has 1 aliphatic carbocycles. The molecule has 1 aromatic rings. The summed E-state index contributed by atoms with van der Waals surface area (Å²) in [7, 11) is 1.77. The van der Waals surface area contributed by atoms with E-state index in [0.29, 0.717) is 12.1 Å². The summed E-state index contributed by atoms with van der Waals surface area (Å²) >= 11 is 1.77. The van der Waals surface area contributed by atoms with Crippen LogP contribution in [0.2, 0.25) is 0 Å². The second-order valence-corrected chi connectivity index (χ2v) is 5.86. The van der Waals surface area contributed by atoms with Crippen molar-refractivity contribution in [1.82, 2.24) is 10.3 Å². The average Bonchev–Trinajstić information content (AvgIpc) is 3.00. The number of aromatic nitrogens is 1. The molecule has 1 aromatic heterocycles. The van der Waals surface area contributed by atoms with Crippen LogP contribution in [-0.2, 0) is 4.74 Å². The highest BCUT2D eigenvalue weighted by molar-refractivity contribution is 7.11. The zero-order valence-corrected chi connectivity index (χ0v) is 11.0. The van der Waals surface area contributed by atoms with Crippen LogP contribution in [-0.4, -0.2) is 24.7 Å². The SMILES string of the molecule is COCC(NC(C)c1ncc(C)s1)C1CC1. The van der Waals surface area contributed by atoms with Gasteiger partial charge in [-0.25, -0.2) is 4.98 Å². The lowest BCUT2D eigenvalue weighted by Gasteiger charge is -2.21. The predicted molar refractivity (Wildman–Crippen MR) is 66.8 cm³/mol. The summed E-state index contributed by atoms with van der Waals surface area (Å²) in [6, 6.07) is 0.823. The number of ether oxygens (including phenoxy) is 1. The molecule has 4 heteroatoms. The number of rotatable bonds is 6. The van der Waals surface area contributed by atoms with Crippen molar-refractivity contribution in [2.24, 2.45) is 5.92 Å². The van der Waals surface area contributed by atoms with Gasteiger partial charge in [0, 0.05) is 24.2 Å². The summed E-state index contributed by atoms with van der Waals surface area (Å²) in [6.07, 6.45) is 4.62. The number of hydrogen-bond acceptors (Lipinski definition) is 4. The Balaban J connectivity index is 1.91. The van der Waals surface area contributed by atoms with Gasteiger partial charge in [0.1, 0.15) is 5.01 Å². The normalized spacial score (nSPS) is 19.7. The van der Waals surface area contributed by atoms with E-state index in [4.69, 9.17) is 4.74 Å². The Labute approximate surface area is 101 Å². The molecule has 2 rings (SSSR count). The fraction of sp³-hybridized carbons (Fsp3) is 0.750. The van der Waals surface area contributed by atoms with Crippen molar-refractivity contribution in [3.8, 4) is 0 Å². The molecule has 90 valence electrons. The predicted octanol–water partition coefficient (Wildman–Crippen LogP) is 2.53. The molecule has 0 aliphatic heterocycles. The molecule has 0 radical (unpaired) electrons. The van der Waals surface area contributed by atoms with E-state index in [1.54, 1.807) is 18.4 Å². The standard InChI is InChI=1S/C12H20N2OS/c1-8-6-13-12(16-8)9(2)14-11(7-15-3)10-4-5-10/h6,9-11,14H,4-5,7H2,1-3H3. The molecule has 0 amide bonds. The topological polar surface area (TPSA) is 34.1 Å². The fourth-order valence-corrected chi connectivity index (χ4v) is 2.75. The second-order valence-electron chi connectivity index (χ2n) is 4.60. The van der Waals surface area contributed by atoms with Gasteiger partial charge >= 0.3 is 0 Å². The van der Waals surface area contributed by atoms with Crippen LogP contribution in [0.1, 0.15) is 35.7 Å². The lowest BCUT2D eigenvalue weighted by molar-refractivity contribution is 0.152. The van der Waals surface area contributed by atoms with E-state index in [1.165, 1.54) is 22.7 Å². The lowest BCUT2D eigenvalue weighted by atomic mass is 10.1. The highest BCUT2D eigenvalue weighted by Gasteiger charge is 2.32. The van der Waals surface area contributed by atoms with E-state index in [-0.39, 0.29) is 0 Å². The number of thiazole rings is 1. The number of hydrogen-bond donors (Lipinski definition) is 1. The summed E-state index contributed by atoms with van der Waals surface area (Å²) in [5, 5.41) is 4.81. The molecule has 1 fully saturated rings. The van der Waals surface area contributed by atoms with Crippen LogP contribution in [0.3, 0.4) is 0 Å². The number of nitrogens with one attached hydrogen (secondary N) is 1. The molecule has 1 saturated carbocycles. The van der Waals surface area contributed by atoms with Gasteiger partial charge in [-0.05, 0) is 32.6 Å². The van der Waals surface area contributed by atoms with E-state index in [0.717, 1.165) is 12.5 Å². The van der Waals surface area contributed by atoms with Gasteiger partial charge in [0.15, 0.2) is 0 Å². The number of nitrogens with zero attached hydrogens (tertiary/aromatic N) is 1. The third kappa shape index (κ3) is 3.03. The first-order valence-electron chi connectivity index (χ1n) is 5.88. The molecule has 16 heavy (non-hydrogen) atoms. The Morgan fingerprint density at radius 1 is 1.62 bits per heavy atom. The largest absolute Gasteiger partial charge is 0.383 e. The fourth-order valence-electron chi connectivity index (χ4n) is 1.96. The van der Waals surface area contributed by atoms with Crippen LogP contribution in [0.4, 0.5) is 0 Å². The van der Waals surface area contributed by atoms with Crippen LogP contribution < -0.4 is 5.32 Å². The summed E-state index contributed by atoms with van der Waals surface area (Å²) in [5.41, 5.74) is 0. The Bertz CT molecular complexity index is 336. The summed E-state index contributed by atoms with van der Waals surface area (Å²) in [4.78, 5) is 5.70. The lowest BCUT2D eigenvalue weighted by Crippen LogP contribution is -2.36. The molecular formula is C12H20N2OS. The van der Waals surface area contributed by atoms with E-state index < -0.39 is 0 Å². The van der Waals surface area contributed by atoms with Crippen molar-refractivity contribution in [3.63, 3.8) is 0 Å². The summed E-state index contributed by atoms with van der Waals surface area (Å²) in [6.45, 7) is 5.09. The molecule has 3 nitrogen and oxygen atoms in total. The first-order valence-corrected chi connectivity index (χ1v) is 6.69. The van der Waals surface area contributed by atoms with Crippen molar-refractivity contribution in [1.29, 1.82) is 0 Å². The van der Waals surface area contributed by atoms with Crippen LogP contribution in [0.15, 0.2) is 6.20 Å². The van der Waals surface area contributed by atoms with Crippen molar-refractivity contribution in [2.45, 2.75) is 38.8 Å². The minimum atomic E-state index is 0.333. The van der Waals surface area contributed by atoms with E-state index in [1.807, 2.05) is 6.20 Å². The smallest absolute Gasteiger partial charge is 0.109 e. The van der Waals surface area contributed by atoms with Crippen molar-refractivity contribution in [2.75, 3.05) is 13.7 Å². The van der Waals surface area contributed by atoms with Gasteiger partial charge in [-0.2, -0.15) is 0 Å². The van der Waals surface area contributed by atoms with Crippen LogP contribution >= 0.6 is 11.3 Å². The highest BCUT2D eigenvalue weighted by Crippen LogP contribution is 2.34. The first kappa shape index (κ1) is 12.0. The molecule has 0 aromatic carbocycles. The van der Waals surface area contributed by atoms with Crippen molar-refractivity contribution in [3.05, 3.63) is 16.1 Å². The van der Waals surface area contributed by atoms with Crippen molar-refractivity contribution >= 4 is 11.3 Å². The van der Waals surface area contributed by atoms with Gasteiger partial charge in [0.05, 0.1) is 12.6 Å². The molecule has 1 heterocycles. The van der Waals surface area contributed by atoms with Gasteiger partial charge in [0.25, 0.3) is 0 Å². The third-order valence-corrected chi connectivity index (χ3v) is 4.11. The van der Waals surface area contributed by atoms with Crippen LogP contribution in [0.25, 0.3) is 0 Å². The van der Waals surface area contributed by atoms with Crippen molar-refractivity contribution < 1.29 is 4.74 Å². The summed E-state index contributed by atoms with van der Waals surface area (Å²) < 4.78 is 5.27. The molecule has 2 unspecified atom stereocenters. The Morgan fingerprint density at radius 3 is 2.88 bits per heavy atom. The third-order valence-electron chi connectivity index (χ3n) is 3.01. The molecular weight excluding hydrogens is 220 g/mol. The molecule has 1 N–H and O–H groups in total. The van der Waals surface area contributed by atoms with Crippen LogP contribution in [0.5, 0.6) is 0 Å². The highest BCUT2D eigenvalue weighted by atomic mass is 32.1. The van der Waals surface area contributed by atoms with Gasteiger partial charge in [0.2, 0.25) is 0 Å². The van der Waals surface area contributed by atoms with E-state index in [2.05, 4.69) is 24.1 Å². The molecule has 1 aliphatic rings. The Morgan fingerprint density at radius 2 is 2.38 bits per heavy atom. The minimum Gasteiger partial charge on any atom is -0.383 e. The maximum absolute atomic E-state index is 5.27. The zero-order chi connectivity index (χ0) is 11.5. The van der Waals surface area contributed by atoms with Gasteiger partial charge in [-0.15, -0.1) is 11.3 Å². The zero-order valence-electron chi connectivity index (χ0n) is 10.2.